The molecule has 2 N–H and O–H groups in total. The third-order valence-corrected chi connectivity index (χ3v) is 7.93. The maximum absolute atomic E-state index is 14.0. The SMILES string of the molecule is CSCC(C)(C)N(C(=O)c1cccc(I)c1C(N)=O)c1ccc(C(C)n2ccc(C(F)(F)F)n2)cc1C. The van der Waals surface area contributed by atoms with Gasteiger partial charge in [0.1, 0.15) is 0 Å². The van der Waals surface area contributed by atoms with Crippen molar-refractivity contribution >= 4 is 51.9 Å². The van der Waals surface area contributed by atoms with Crippen LogP contribution in [0, 0.1) is 10.5 Å². The number of rotatable bonds is 8. The number of alkyl halides is 3. The number of halogens is 4. The van der Waals surface area contributed by atoms with E-state index in [0.29, 0.717) is 15.0 Å². The highest BCUT2D eigenvalue weighted by Gasteiger charge is 2.36. The molecule has 198 valence electrons. The van der Waals surface area contributed by atoms with Crippen LogP contribution in [0.3, 0.4) is 0 Å². The minimum absolute atomic E-state index is 0.167. The second-order valence-electron chi connectivity index (χ2n) is 9.31. The van der Waals surface area contributed by atoms with Gasteiger partial charge in [0, 0.05) is 21.2 Å². The maximum atomic E-state index is 14.0. The summed E-state index contributed by atoms with van der Waals surface area (Å²) in [5, 5.41) is 3.69. The van der Waals surface area contributed by atoms with Crippen LogP contribution in [-0.2, 0) is 6.18 Å². The van der Waals surface area contributed by atoms with Crippen molar-refractivity contribution in [3.63, 3.8) is 0 Å². The molecule has 0 aliphatic heterocycles. The monoisotopic (exact) mass is 644 g/mol. The highest BCUT2D eigenvalue weighted by atomic mass is 127. The van der Waals surface area contributed by atoms with Crippen LogP contribution in [0.5, 0.6) is 0 Å². The first-order valence-corrected chi connectivity index (χ1v) is 13.8. The number of aryl methyl sites for hydroxylation is 1. The van der Waals surface area contributed by atoms with Crippen LogP contribution in [0.2, 0.25) is 0 Å². The maximum Gasteiger partial charge on any atom is 0.435 e. The number of carbonyl (C=O) groups excluding carboxylic acids is 2. The molecule has 37 heavy (non-hydrogen) atoms. The van der Waals surface area contributed by atoms with E-state index in [4.69, 9.17) is 5.73 Å². The fourth-order valence-corrected chi connectivity index (χ4v) is 5.85. The molecule has 1 unspecified atom stereocenters. The summed E-state index contributed by atoms with van der Waals surface area (Å²) < 4.78 is 40.9. The lowest BCUT2D eigenvalue weighted by atomic mass is 9.96. The standard InChI is InChI=1S/C26H28F3IN4O2S/c1-15-13-17(16(2)33-12-11-21(32-33)26(27,28)29)9-10-20(15)34(25(3,4)14-37-5)24(36)18-7-6-8-19(30)22(18)23(31)35/h6-13,16H,14H2,1-5H3,(H2,31,35). The average molecular weight is 645 g/mol. The number of hydrogen-bond acceptors (Lipinski definition) is 4. The molecule has 0 aliphatic rings. The molecule has 0 spiro atoms. The highest BCUT2D eigenvalue weighted by Crippen LogP contribution is 2.35. The van der Waals surface area contributed by atoms with Crippen LogP contribution in [-0.4, -0.2) is 39.1 Å². The molecule has 2 aromatic carbocycles. The van der Waals surface area contributed by atoms with Crippen molar-refractivity contribution in [3.05, 3.63) is 80.2 Å². The van der Waals surface area contributed by atoms with E-state index < -0.39 is 29.4 Å². The molecule has 0 saturated carbocycles. The molecule has 11 heteroatoms. The summed E-state index contributed by atoms with van der Waals surface area (Å²) in [5.74, 6) is -0.439. The third-order valence-electron chi connectivity index (χ3n) is 6.04. The lowest BCUT2D eigenvalue weighted by Crippen LogP contribution is -2.50. The van der Waals surface area contributed by atoms with Gasteiger partial charge >= 0.3 is 6.18 Å². The van der Waals surface area contributed by atoms with Crippen LogP contribution < -0.4 is 10.6 Å². The lowest BCUT2D eigenvalue weighted by Gasteiger charge is -2.39. The molecule has 1 atom stereocenters. The summed E-state index contributed by atoms with van der Waals surface area (Å²) in [5.41, 5.74) is 6.53. The van der Waals surface area contributed by atoms with E-state index in [1.54, 1.807) is 53.9 Å². The summed E-state index contributed by atoms with van der Waals surface area (Å²) in [6.07, 6.45) is -1.27. The molecule has 0 aliphatic carbocycles. The van der Waals surface area contributed by atoms with Gasteiger partial charge in [-0.3, -0.25) is 14.3 Å². The van der Waals surface area contributed by atoms with Gasteiger partial charge in [0.25, 0.3) is 11.8 Å². The van der Waals surface area contributed by atoms with Gasteiger partial charge < -0.3 is 10.6 Å². The molecule has 0 fully saturated rings. The minimum atomic E-state index is -4.52. The second-order valence-corrected chi connectivity index (χ2v) is 11.3. The number of primary amides is 1. The third kappa shape index (κ3) is 6.14. The Morgan fingerprint density at radius 3 is 2.41 bits per heavy atom. The van der Waals surface area contributed by atoms with E-state index in [1.165, 1.54) is 10.9 Å². The first kappa shape index (κ1) is 29.0. The van der Waals surface area contributed by atoms with Gasteiger partial charge in [-0.2, -0.15) is 30.0 Å². The normalized spacial score (nSPS) is 12.9. The largest absolute Gasteiger partial charge is 0.435 e. The number of amides is 2. The Morgan fingerprint density at radius 1 is 1.19 bits per heavy atom. The van der Waals surface area contributed by atoms with Gasteiger partial charge in [-0.25, -0.2) is 0 Å². The van der Waals surface area contributed by atoms with E-state index >= 15 is 0 Å². The topological polar surface area (TPSA) is 81.2 Å². The van der Waals surface area contributed by atoms with Crippen molar-refractivity contribution in [1.29, 1.82) is 0 Å². The van der Waals surface area contributed by atoms with Gasteiger partial charge in [-0.15, -0.1) is 0 Å². The number of nitrogens with two attached hydrogens (primary N) is 1. The summed E-state index contributed by atoms with van der Waals surface area (Å²) in [4.78, 5) is 27.9. The van der Waals surface area contributed by atoms with E-state index in [-0.39, 0.29) is 17.0 Å². The molecule has 2 amide bonds. The summed E-state index contributed by atoms with van der Waals surface area (Å²) in [7, 11) is 0. The van der Waals surface area contributed by atoms with Gasteiger partial charge in [0.2, 0.25) is 0 Å². The van der Waals surface area contributed by atoms with Crippen LogP contribution in [0.15, 0.2) is 48.7 Å². The Morgan fingerprint density at radius 2 is 1.86 bits per heavy atom. The van der Waals surface area contributed by atoms with Crippen LogP contribution in [0.25, 0.3) is 0 Å². The molecule has 1 aromatic heterocycles. The summed E-state index contributed by atoms with van der Waals surface area (Å²) in [6, 6.07) is 10.9. The highest BCUT2D eigenvalue weighted by molar-refractivity contribution is 14.1. The Kier molecular flexibility index (Phi) is 8.68. The van der Waals surface area contributed by atoms with E-state index in [9.17, 15) is 22.8 Å². The van der Waals surface area contributed by atoms with Crippen LogP contribution >= 0.6 is 34.4 Å². The van der Waals surface area contributed by atoms with Crippen molar-refractivity contribution in [2.45, 2.75) is 45.5 Å². The second kappa shape index (κ2) is 11.1. The minimum Gasteiger partial charge on any atom is -0.366 e. The zero-order valence-corrected chi connectivity index (χ0v) is 24.0. The lowest BCUT2D eigenvalue weighted by molar-refractivity contribution is -0.141. The smallest absolute Gasteiger partial charge is 0.366 e. The van der Waals surface area contributed by atoms with Crippen molar-refractivity contribution in [1.82, 2.24) is 9.78 Å². The molecule has 0 radical (unpaired) electrons. The summed E-state index contributed by atoms with van der Waals surface area (Å²) in [6.45, 7) is 7.48. The van der Waals surface area contributed by atoms with Gasteiger partial charge in [-0.05, 0) is 91.9 Å². The predicted molar refractivity (Wildman–Crippen MR) is 149 cm³/mol. The Balaban J connectivity index is 2.08. The zero-order chi connectivity index (χ0) is 27.7. The van der Waals surface area contributed by atoms with Crippen LogP contribution in [0.1, 0.15) is 64.3 Å². The van der Waals surface area contributed by atoms with Crippen LogP contribution in [0.4, 0.5) is 18.9 Å². The first-order chi connectivity index (χ1) is 17.2. The average Bonchev–Trinajstić information content (AvgIpc) is 3.30. The van der Waals surface area contributed by atoms with Gasteiger partial charge in [-0.1, -0.05) is 18.2 Å². The van der Waals surface area contributed by atoms with Crippen molar-refractivity contribution in [3.8, 4) is 0 Å². The Bertz CT molecular complexity index is 1320. The molecule has 0 saturated heterocycles. The summed E-state index contributed by atoms with van der Waals surface area (Å²) >= 11 is 3.57. The van der Waals surface area contributed by atoms with E-state index in [1.807, 2.05) is 55.7 Å². The molecule has 3 rings (SSSR count). The van der Waals surface area contributed by atoms with Crippen molar-refractivity contribution in [2.75, 3.05) is 16.9 Å². The molecule has 0 bridgehead atoms. The zero-order valence-electron chi connectivity index (χ0n) is 21.1. The number of nitrogens with zero attached hydrogens (tertiary/aromatic N) is 3. The number of thioether (sulfide) groups is 1. The van der Waals surface area contributed by atoms with Crippen molar-refractivity contribution in [2.24, 2.45) is 5.73 Å². The quantitative estimate of drug-likeness (QED) is 0.292. The Labute approximate surface area is 231 Å². The molecule has 1 heterocycles. The molecular formula is C26H28F3IN4O2S. The first-order valence-electron chi connectivity index (χ1n) is 11.3. The molecular weight excluding hydrogens is 616 g/mol. The van der Waals surface area contributed by atoms with Gasteiger partial charge in [0.15, 0.2) is 5.69 Å². The predicted octanol–water partition coefficient (Wildman–Crippen LogP) is 6.31. The van der Waals surface area contributed by atoms with Crippen molar-refractivity contribution < 1.29 is 22.8 Å². The fraction of sp³-hybridized carbons (Fsp3) is 0.346. The molecule has 6 nitrogen and oxygen atoms in total. The fourth-order valence-electron chi connectivity index (χ4n) is 4.25. The number of hydrogen-bond donors (Lipinski definition) is 1. The molecule has 3 aromatic rings. The van der Waals surface area contributed by atoms with E-state index in [2.05, 4.69) is 5.10 Å². The van der Waals surface area contributed by atoms with E-state index in [0.717, 1.165) is 17.2 Å². The Hall–Kier alpha value is -2.54. The number of carbonyl (C=O) groups is 2. The number of benzene rings is 2. The number of aromatic nitrogens is 2. The number of anilines is 1. The van der Waals surface area contributed by atoms with Gasteiger partial charge in [0.05, 0.1) is 22.7 Å².